The number of rotatable bonds is 8. The molecule has 0 unspecified atom stereocenters. The van der Waals surface area contributed by atoms with E-state index in [9.17, 15) is 13.5 Å². The Balaban J connectivity index is 1.61. The minimum absolute atomic E-state index is 0.00113. The molecule has 0 spiro atoms. The number of aromatic hydroxyl groups is 1. The lowest BCUT2D eigenvalue weighted by molar-refractivity contribution is 0.403. The molecule has 0 saturated heterocycles. The van der Waals surface area contributed by atoms with Crippen LogP contribution in [0.25, 0.3) is 10.4 Å². The van der Waals surface area contributed by atoms with Gasteiger partial charge in [-0.25, -0.2) is 13.4 Å². The number of methoxy groups -OCH3 is 1. The lowest BCUT2D eigenvalue weighted by Crippen LogP contribution is -2.14. The van der Waals surface area contributed by atoms with Crippen LogP contribution in [-0.2, 0) is 16.6 Å². The van der Waals surface area contributed by atoms with E-state index in [0.29, 0.717) is 22.9 Å². The number of hydrogen-bond acceptors (Lipinski definition) is 8. The van der Waals surface area contributed by atoms with Crippen LogP contribution in [0.1, 0.15) is 11.4 Å². The van der Waals surface area contributed by atoms with Crippen molar-refractivity contribution >= 4 is 48.1 Å². The van der Waals surface area contributed by atoms with Gasteiger partial charge in [0.15, 0.2) is 5.13 Å². The van der Waals surface area contributed by atoms with E-state index < -0.39 is 10.0 Å². The summed E-state index contributed by atoms with van der Waals surface area (Å²) in [6.45, 7) is 2.38. The summed E-state index contributed by atoms with van der Waals surface area (Å²) >= 11 is 4.87. The number of sulfonamides is 1. The van der Waals surface area contributed by atoms with Gasteiger partial charge < -0.3 is 15.2 Å². The topological polar surface area (TPSA) is 113 Å². The van der Waals surface area contributed by atoms with Gasteiger partial charge in [0.1, 0.15) is 16.4 Å². The number of ether oxygens (including phenoxy) is 1. The van der Waals surface area contributed by atoms with Gasteiger partial charge in [0.2, 0.25) is 0 Å². The van der Waals surface area contributed by atoms with Gasteiger partial charge in [-0.3, -0.25) is 9.71 Å². The van der Waals surface area contributed by atoms with E-state index in [2.05, 4.69) is 35.9 Å². The third-order valence-corrected chi connectivity index (χ3v) is 7.89. The number of nitrogens with zero attached hydrogens (tertiary/aromatic N) is 2. The molecular weight excluding hydrogens is 540 g/mol. The molecule has 0 radical (unpaired) electrons. The summed E-state index contributed by atoms with van der Waals surface area (Å²) in [7, 11) is -2.54. The van der Waals surface area contributed by atoms with Crippen molar-refractivity contribution in [2.75, 3.05) is 17.1 Å². The Labute approximate surface area is 209 Å². The molecule has 0 atom stereocenters. The van der Waals surface area contributed by atoms with Crippen LogP contribution in [0.2, 0.25) is 0 Å². The van der Waals surface area contributed by atoms with E-state index in [1.54, 1.807) is 24.4 Å². The predicted molar refractivity (Wildman–Crippen MR) is 137 cm³/mol. The van der Waals surface area contributed by atoms with Crippen LogP contribution in [0.3, 0.4) is 0 Å². The van der Waals surface area contributed by atoms with Gasteiger partial charge in [0.05, 0.1) is 29.9 Å². The van der Waals surface area contributed by atoms with Gasteiger partial charge in [0.25, 0.3) is 10.0 Å². The molecule has 3 N–H and O–H groups in total. The highest BCUT2D eigenvalue weighted by Gasteiger charge is 2.22. The molecule has 4 rings (SSSR count). The van der Waals surface area contributed by atoms with Crippen LogP contribution in [0, 0.1) is 6.92 Å². The molecule has 11 heteroatoms. The van der Waals surface area contributed by atoms with Crippen LogP contribution in [0.15, 0.2) is 70.2 Å². The summed E-state index contributed by atoms with van der Waals surface area (Å²) in [6.07, 6.45) is 1.73. The number of thiazole rings is 1. The fourth-order valence-corrected chi connectivity index (χ4v) is 5.81. The standard InChI is InChI=1S/C23H21BrN4O4S2/c1-14-22(33-23(27-14)26-13-18-12-16(24)9-10-25-18)15-3-8-20(32-2)21(11-15)34(30,31)28-17-4-6-19(29)7-5-17/h3-12,28-29H,13H2,1-2H3,(H,26,27). The first kappa shape index (κ1) is 24.0. The molecule has 2 aromatic carbocycles. The Hall–Kier alpha value is -3.15. The number of phenols is 1. The first-order chi connectivity index (χ1) is 16.2. The van der Waals surface area contributed by atoms with Gasteiger partial charge in [-0.1, -0.05) is 27.3 Å². The maximum absolute atomic E-state index is 13.1. The second-order valence-corrected chi connectivity index (χ2v) is 10.8. The average molecular weight is 561 g/mol. The lowest BCUT2D eigenvalue weighted by Gasteiger charge is -2.13. The Bertz CT molecular complexity index is 1420. The molecule has 0 amide bonds. The quantitative estimate of drug-likeness (QED) is 0.247. The number of halogens is 1. The number of benzene rings is 2. The molecule has 0 saturated carbocycles. The molecule has 176 valence electrons. The van der Waals surface area contributed by atoms with Crippen LogP contribution in [0.4, 0.5) is 10.8 Å². The molecule has 0 aliphatic heterocycles. The Kier molecular flexibility index (Phi) is 7.05. The van der Waals surface area contributed by atoms with Crippen LogP contribution in [-0.4, -0.2) is 30.6 Å². The zero-order chi connectivity index (χ0) is 24.3. The Morgan fingerprint density at radius 1 is 1.12 bits per heavy atom. The molecular formula is C23H21BrN4O4S2. The third kappa shape index (κ3) is 5.49. The fourth-order valence-electron chi connectivity index (χ4n) is 3.22. The third-order valence-electron chi connectivity index (χ3n) is 4.83. The number of anilines is 2. The van der Waals surface area contributed by atoms with Crippen molar-refractivity contribution < 1.29 is 18.3 Å². The minimum atomic E-state index is -3.96. The summed E-state index contributed by atoms with van der Waals surface area (Å²) in [6, 6.07) is 14.6. The summed E-state index contributed by atoms with van der Waals surface area (Å²) < 4.78 is 35.1. The highest BCUT2D eigenvalue weighted by Crippen LogP contribution is 2.37. The van der Waals surface area contributed by atoms with Crippen LogP contribution < -0.4 is 14.8 Å². The Morgan fingerprint density at radius 3 is 2.59 bits per heavy atom. The lowest BCUT2D eigenvalue weighted by atomic mass is 10.1. The SMILES string of the molecule is COc1ccc(-c2sc(NCc3cc(Br)ccn3)nc2C)cc1S(=O)(=O)Nc1ccc(O)cc1. The van der Waals surface area contributed by atoms with E-state index in [4.69, 9.17) is 4.74 Å². The van der Waals surface area contributed by atoms with Crippen molar-refractivity contribution in [3.05, 3.63) is 76.7 Å². The molecule has 2 heterocycles. The average Bonchev–Trinajstić information content (AvgIpc) is 3.19. The van der Waals surface area contributed by atoms with Gasteiger partial charge in [-0.2, -0.15) is 0 Å². The normalized spacial score (nSPS) is 11.3. The molecule has 4 aromatic rings. The zero-order valence-electron chi connectivity index (χ0n) is 18.2. The van der Waals surface area contributed by atoms with E-state index >= 15 is 0 Å². The van der Waals surface area contributed by atoms with E-state index in [1.807, 2.05) is 19.1 Å². The van der Waals surface area contributed by atoms with Crippen molar-refractivity contribution in [2.45, 2.75) is 18.4 Å². The first-order valence-corrected chi connectivity index (χ1v) is 13.2. The van der Waals surface area contributed by atoms with E-state index in [0.717, 1.165) is 20.7 Å². The molecule has 0 fully saturated rings. The van der Waals surface area contributed by atoms with Crippen molar-refractivity contribution in [3.8, 4) is 21.9 Å². The highest BCUT2D eigenvalue weighted by molar-refractivity contribution is 9.10. The maximum Gasteiger partial charge on any atom is 0.265 e. The summed E-state index contributed by atoms with van der Waals surface area (Å²) in [5.41, 5.74) is 2.67. The number of hydrogen-bond donors (Lipinski definition) is 3. The van der Waals surface area contributed by atoms with Gasteiger partial charge in [-0.05, 0) is 67.1 Å². The van der Waals surface area contributed by atoms with Crippen molar-refractivity contribution in [2.24, 2.45) is 0 Å². The van der Waals surface area contributed by atoms with Crippen LogP contribution in [0.5, 0.6) is 11.5 Å². The number of aryl methyl sites for hydroxylation is 1. The molecule has 0 aliphatic rings. The maximum atomic E-state index is 13.1. The number of phenolic OH excluding ortho intramolecular Hbond substituents is 1. The second kappa shape index (κ2) is 10.00. The van der Waals surface area contributed by atoms with Crippen molar-refractivity contribution in [3.63, 3.8) is 0 Å². The smallest absolute Gasteiger partial charge is 0.265 e. The zero-order valence-corrected chi connectivity index (χ0v) is 21.5. The number of pyridine rings is 1. The summed E-state index contributed by atoms with van der Waals surface area (Å²) in [5, 5.41) is 13.4. The summed E-state index contributed by atoms with van der Waals surface area (Å²) in [4.78, 5) is 9.75. The second-order valence-electron chi connectivity index (χ2n) is 7.27. The highest BCUT2D eigenvalue weighted by atomic mass is 79.9. The Morgan fingerprint density at radius 2 is 1.88 bits per heavy atom. The molecule has 0 bridgehead atoms. The van der Waals surface area contributed by atoms with Crippen LogP contribution >= 0.6 is 27.3 Å². The molecule has 2 aromatic heterocycles. The number of nitrogens with one attached hydrogen (secondary N) is 2. The minimum Gasteiger partial charge on any atom is -0.508 e. The van der Waals surface area contributed by atoms with Gasteiger partial charge in [0, 0.05) is 16.4 Å². The van der Waals surface area contributed by atoms with Crippen molar-refractivity contribution in [1.82, 2.24) is 9.97 Å². The van der Waals surface area contributed by atoms with E-state index in [-0.39, 0.29) is 16.4 Å². The largest absolute Gasteiger partial charge is 0.508 e. The van der Waals surface area contributed by atoms with Gasteiger partial charge in [-0.15, -0.1) is 0 Å². The van der Waals surface area contributed by atoms with Gasteiger partial charge >= 0.3 is 0 Å². The molecule has 34 heavy (non-hydrogen) atoms. The predicted octanol–water partition coefficient (Wildman–Crippen LogP) is 5.40. The monoisotopic (exact) mass is 560 g/mol. The number of aromatic nitrogens is 2. The molecule has 0 aliphatic carbocycles. The fraction of sp³-hybridized carbons (Fsp3) is 0.130. The van der Waals surface area contributed by atoms with Crippen molar-refractivity contribution in [1.29, 1.82) is 0 Å². The first-order valence-electron chi connectivity index (χ1n) is 10.1. The molecule has 8 nitrogen and oxygen atoms in total. The van der Waals surface area contributed by atoms with E-state index in [1.165, 1.54) is 42.7 Å². The summed E-state index contributed by atoms with van der Waals surface area (Å²) in [5.74, 6) is 0.263.